The van der Waals surface area contributed by atoms with E-state index in [9.17, 15) is 4.79 Å². The Morgan fingerprint density at radius 3 is 2.56 bits per heavy atom. The topological polar surface area (TPSA) is 29.5 Å². The summed E-state index contributed by atoms with van der Waals surface area (Å²) in [5.74, 6) is 0.919. The van der Waals surface area contributed by atoms with Crippen LogP contribution in [0.1, 0.15) is 28.8 Å². The fraction of sp³-hybridized carbons (Fsp3) is 0.350. The van der Waals surface area contributed by atoms with Crippen LogP contribution in [-0.2, 0) is 5.41 Å². The molecule has 130 valence electrons. The number of ketones is 1. The molecular weight excluding hydrogens is 354 g/mol. The Hall–Kier alpha value is -1.49. The van der Waals surface area contributed by atoms with Gasteiger partial charge in [0, 0.05) is 20.4 Å². The normalized spacial score (nSPS) is 19.2. The molecule has 5 heteroatoms. The second-order valence-electron chi connectivity index (χ2n) is 6.82. The van der Waals surface area contributed by atoms with E-state index in [1.807, 2.05) is 30.3 Å². The van der Waals surface area contributed by atoms with Gasteiger partial charge in [0.2, 0.25) is 0 Å². The zero-order valence-corrected chi connectivity index (χ0v) is 15.9. The first-order valence-electron chi connectivity index (χ1n) is 8.43. The zero-order valence-electron chi connectivity index (χ0n) is 14.3. The number of carbonyl (C=O) groups excluding carboxylic acids is 1. The number of methoxy groups -OCH3 is 1. The average molecular weight is 374 g/mol. The molecular formula is C20H20ClNO2S. The van der Waals surface area contributed by atoms with Crippen molar-refractivity contribution in [1.29, 1.82) is 0 Å². The van der Waals surface area contributed by atoms with Gasteiger partial charge in [0.1, 0.15) is 5.75 Å². The van der Waals surface area contributed by atoms with Crippen LogP contribution in [0.15, 0.2) is 46.2 Å². The van der Waals surface area contributed by atoms with Crippen LogP contribution >= 0.6 is 23.4 Å². The van der Waals surface area contributed by atoms with Crippen molar-refractivity contribution < 1.29 is 9.53 Å². The highest BCUT2D eigenvalue weighted by Crippen LogP contribution is 2.49. The van der Waals surface area contributed by atoms with Gasteiger partial charge in [-0.2, -0.15) is 0 Å². The lowest BCUT2D eigenvalue weighted by Crippen LogP contribution is -2.46. The average Bonchev–Trinajstić information content (AvgIpc) is 2.72. The number of rotatable bonds is 1. The third-order valence-corrected chi connectivity index (χ3v) is 6.77. The zero-order chi connectivity index (χ0) is 17.6. The monoisotopic (exact) mass is 373 g/mol. The van der Waals surface area contributed by atoms with Crippen molar-refractivity contribution in [3.8, 4) is 5.75 Å². The van der Waals surface area contributed by atoms with Crippen LogP contribution in [0.4, 0.5) is 0 Å². The third kappa shape index (κ3) is 2.77. The second kappa shape index (κ2) is 6.35. The summed E-state index contributed by atoms with van der Waals surface area (Å²) in [6, 6.07) is 11.8. The molecule has 0 saturated carbocycles. The van der Waals surface area contributed by atoms with Crippen LogP contribution in [0.2, 0.25) is 5.02 Å². The number of fused-ring (bicyclic) bond motifs is 3. The summed E-state index contributed by atoms with van der Waals surface area (Å²) >= 11 is 7.97. The maximum Gasteiger partial charge on any atom is 0.174 e. The standard InChI is InChI=1S/C20H20ClNO2S/c1-22-9-7-20(8-10-22)16-11-13(21)3-5-18(16)25-17-6-4-14(24-2)12-15(17)19(20)23/h3-6,11-12H,7-10H2,1-2H3. The Labute approximate surface area is 157 Å². The molecule has 2 heterocycles. The molecule has 2 aromatic carbocycles. The number of nitrogens with zero attached hydrogens (tertiary/aromatic N) is 1. The minimum atomic E-state index is -0.503. The summed E-state index contributed by atoms with van der Waals surface area (Å²) in [6.07, 6.45) is 1.62. The number of carbonyl (C=O) groups is 1. The van der Waals surface area contributed by atoms with Crippen molar-refractivity contribution in [1.82, 2.24) is 4.90 Å². The fourth-order valence-corrected chi connectivity index (χ4v) is 5.17. The van der Waals surface area contributed by atoms with Gasteiger partial charge in [-0.3, -0.25) is 4.79 Å². The largest absolute Gasteiger partial charge is 0.497 e. The molecule has 0 amide bonds. The minimum Gasteiger partial charge on any atom is -0.497 e. The number of ether oxygens (including phenoxy) is 1. The predicted molar refractivity (Wildman–Crippen MR) is 101 cm³/mol. The molecule has 3 nitrogen and oxygen atoms in total. The summed E-state index contributed by atoms with van der Waals surface area (Å²) in [7, 11) is 3.74. The quantitative estimate of drug-likeness (QED) is 0.727. The maximum atomic E-state index is 13.7. The first kappa shape index (κ1) is 17.0. The van der Waals surface area contributed by atoms with Crippen LogP contribution < -0.4 is 4.74 Å². The van der Waals surface area contributed by atoms with Gasteiger partial charge in [0.25, 0.3) is 0 Å². The van der Waals surface area contributed by atoms with Crippen LogP contribution in [0.3, 0.4) is 0 Å². The highest BCUT2D eigenvalue weighted by atomic mass is 35.5. The molecule has 0 aromatic heterocycles. The first-order valence-corrected chi connectivity index (χ1v) is 9.62. The highest BCUT2D eigenvalue weighted by Gasteiger charge is 2.46. The molecule has 1 fully saturated rings. The third-order valence-electron chi connectivity index (χ3n) is 5.38. The molecule has 2 aliphatic rings. The Morgan fingerprint density at radius 2 is 1.84 bits per heavy atom. The van der Waals surface area contributed by atoms with Crippen molar-refractivity contribution in [2.75, 3.05) is 27.2 Å². The Bertz CT molecular complexity index is 844. The lowest BCUT2D eigenvalue weighted by Gasteiger charge is -2.40. The lowest BCUT2D eigenvalue weighted by molar-refractivity contribution is 0.0788. The van der Waals surface area contributed by atoms with Gasteiger partial charge in [0.15, 0.2) is 5.78 Å². The molecule has 0 atom stereocenters. The summed E-state index contributed by atoms with van der Waals surface area (Å²) in [5, 5.41) is 0.689. The molecule has 4 rings (SSSR count). The van der Waals surface area contributed by atoms with Crippen molar-refractivity contribution in [3.05, 3.63) is 52.5 Å². The van der Waals surface area contributed by atoms with E-state index in [0.717, 1.165) is 52.6 Å². The number of hydrogen-bond acceptors (Lipinski definition) is 4. The molecule has 0 radical (unpaired) electrons. The summed E-state index contributed by atoms with van der Waals surface area (Å²) in [5.41, 5.74) is 1.34. The molecule has 0 N–H and O–H groups in total. The van der Waals surface area contributed by atoms with E-state index in [0.29, 0.717) is 5.02 Å². The van der Waals surface area contributed by atoms with Gasteiger partial charge >= 0.3 is 0 Å². The number of halogens is 1. The van der Waals surface area contributed by atoms with Crippen molar-refractivity contribution in [3.63, 3.8) is 0 Å². The smallest absolute Gasteiger partial charge is 0.174 e. The summed E-state index contributed by atoms with van der Waals surface area (Å²) < 4.78 is 5.37. The van der Waals surface area contributed by atoms with E-state index >= 15 is 0 Å². The van der Waals surface area contributed by atoms with Crippen LogP contribution in [0, 0.1) is 0 Å². The van der Waals surface area contributed by atoms with Gasteiger partial charge in [-0.1, -0.05) is 23.4 Å². The van der Waals surface area contributed by atoms with Crippen LogP contribution in [-0.4, -0.2) is 37.9 Å². The number of piperidine rings is 1. The minimum absolute atomic E-state index is 0.197. The predicted octanol–water partition coefficient (Wildman–Crippen LogP) is 4.66. The van der Waals surface area contributed by atoms with Gasteiger partial charge in [-0.05, 0) is 74.9 Å². The van der Waals surface area contributed by atoms with Crippen LogP contribution in [0.25, 0.3) is 0 Å². The maximum absolute atomic E-state index is 13.7. The Kier molecular flexibility index (Phi) is 4.30. The molecule has 1 spiro atoms. The van der Waals surface area contributed by atoms with Gasteiger partial charge < -0.3 is 9.64 Å². The number of benzene rings is 2. The number of Topliss-reactive ketones (excluding diaryl/α,β-unsaturated/α-hetero) is 1. The Balaban J connectivity index is 1.94. The van der Waals surface area contributed by atoms with Gasteiger partial charge in [-0.15, -0.1) is 0 Å². The number of hydrogen-bond donors (Lipinski definition) is 0. The highest BCUT2D eigenvalue weighted by molar-refractivity contribution is 7.99. The first-order chi connectivity index (χ1) is 12.0. The van der Waals surface area contributed by atoms with E-state index in [1.54, 1.807) is 18.9 Å². The number of likely N-dealkylation sites (tertiary alicyclic amines) is 1. The van der Waals surface area contributed by atoms with E-state index in [1.165, 1.54) is 0 Å². The molecule has 2 aromatic rings. The lowest BCUT2D eigenvalue weighted by atomic mass is 9.68. The molecule has 0 unspecified atom stereocenters. The molecule has 25 heavy (non-hydrogen) atoms. The van der Waals surface area contributed by atoms with Crippen LogP contribution in [0.5, 0.6) is 5.75 Å². The van der Waals surface area contributed by atoms with E-state index < -0.39 is 5.41 Å². The van der Waals surface area contributed by atoms with E-state index in [-0.39, 0.29) is 5.78 Å². The van der Waals surface area contributed by atoms with E-state index in [2.05, 4.69) is 18.0 Å². The van der Waals surface area contributed by atoms with Gasteiger partial charge in [0.05, 0.1) is 12.5 Å². The molecule has 2 aliphatic heterocycles. The fourth-order valence-electron chi connectivity index (χ4n) is 3.86. The summed E-state index contributed by atoms with van der Waals surface area (Å²) in [4.78, 5) is 18.1. The second-order valence-corrected chi connectivity index (χ2v) is 8.34. The SMILES string of the molecule is COc1ccc2c(c1)C(=O)C1(CCN(C)CC1)c1cc(Cl)ccc1S2. The molecule has 0 aliphatic carbocycles. The van der Waals surface area contributed by atoms with Crippen molar-refractivity contribution in [2.24, 2.45) is 0 Å². The summed E-state index contributed by atoms with van der Waals surface area (Å²) in [6.45, 7) is 1.81. The van der Waals surface area contributed by atoms with Crippen molar-refractivity contribution >= 4 is 29.1 Å². The molecule has 0 bridgehead atoms. The molecule has 1 saturated heterocycles. The van der Waals surface area contributed by atoms with E-state index in [4.69, 9.17) is 16.3 Å². The van der Waals surface area contributed by atoms with Gasteiger partial charge in [-0.25, -0.2) is 0 Å². The Morgan fingerprint density at radius 1 is 1.12 bits per heavy atom. The van der Waals surface area contributed by atoms with Crippen molar-refractivity contribution in [2.45, 2.75) is 28.0 Å².